The number of hydrogen-bond acceptors (Lipinski definition) is 2. The molecule has 3 heteroatoms. The second kappa shape index (κ2) is 3.14. The predicted molar refractivity (Wildman–Crippen MR) is 50.7 cm³/mol. The maximum atomic E-state index is 5.37. The van der Waals surface area contributed by atoms with Crippen molar-refractivity contribution in [3.8, 4) is 0 Å². The van der Waals surface area contributed by atoms with E-state index >= 15 is 0 Å². The first kappa shape index (κ1) is 9.28. The van der Waals surface area contributed by atoms with E-state index in [0.29, 0.717) is 12.2 Å². The van der Waals surface area contributed by atoms with Crippen LogP contribution in [0.4, 0.5) is 0 Å². The van der Waals surface area contributed by atoms with Gasteiger partial charge in [-0.1, -0.05) is 0 Å². The Morgan fingerprint density at radius 3 is 1.83 bits per heavy atom. The molecule has 1 saturated heterocycles. The van der Waals surface area contributed by atoms with Crippen molar-refractivity contribution in [1.82, 2.24) is 0 Å². The molecule has 1 unspecified atom stereocenters. The van der Waals surface area contributed by atoms with Gasteiger partial charge in [-0.25, -0.2) is 0 Å². The summed E-state index contributed by atoms with van der Waals surface area (Å²) in [5.74, 6) is 0. The summed E-state index contributed by atoms with van der Waals surface area (Å²) in [6.45, 7) is 0. The van der Waals surface area contributed by atoms with E-state index in [1.54, 1.807) is 0 Å². The third-order valence-electron chi connectivity index (χ3n) is 3.08. The van der Waals surface area contributed by atoms with Crippen molar-refractivity contribution in [2.45, 2.75) is 50.2 Å². The van der Waals surface area contributed by atoms with Crippen LogP contribution < -0.4 is 0 Å². The topological polar surface area (TPSA) is 18.5 Å². The van der Waals surface area contributed by atoms with Crippen molar-refractivity contribution >= 4 is 18.4 Å². The molecule has 0 radical (unpaired) electrons. The molecule has 2 bridgehead atoms. The van der Waals surface area contributed by atoms with Crippen LogP contribution in [0.15, 0.2) is 0 Å². The standard InChI is InChI=1S/C6H9O2.3CH3.Sn/c1-2-5-4-6(3-1)8-7-5;;;;/h4-6H,1-3H2;3*1H3;/t5-,6+;;;;. The van der Waals surface area contributed by atoms with Crippen molar-refractivity contribution in [3.05, 3.63) is 0 Å². The molecule has 12 heavy (non-hydrogen) atoms. The zero-order valence-electron chi connectivity index (χ0n) is 8.17. The molecule has 1 aliphatic carbocycles. The molecule has 0 aromatic carbocycles. The normalized spacial score (nSPS) is 41.8. The number of hydrogen-bond donors (Lipinski definition) is 0. The average molecular weight is 277 g/mol. The number of fused-ring (bicyclic) bond motifs is 2. The van der Waals surface area contributed by atoms with Crippen LogP contribution in [0.1, 0.15) is 19.3 Å². The molecule has 3 atom stereocenters. The van der Waals surface area contributed by atoms with Gasteiger partial charge >= 0.3 is 78.4 Å². The molecule has 1 heterocycles. The molecule has 0 N–H and O–H groups in total. The maximum absolute atomic E-state index is 5.37. The van der Waals surface area contributed by atoms with Crippen molar-refractivity contribution < 1.29 is 9.78 Å². The third kappa shape index (κ3) is 1.53. The SMILES string of the molecule is [CH3][Sn]([CH3])([CH3])[CH]1[C@@H]2CCC[C@H]1OO2. The van der Waals surface area contributed by atoms with Gasteiger partial charge < -0.3 is 0 Å². The molecule has 70 valence electrons. The molecule has 1 saturated carbocycles. The third-order valence-corrected chi connectivity index (χ3v) is 10.9. The summed E-state index contributed by atoms with van der Waals surface area (Å²) >= 11 is -1.78. The molecule has 0 aromatic heterocycles. The fourth-order valence-corrected chi connectivity index (χ4v) is 10.2. The Morgan fingerprint density at radius 1 is 1.00 bits per heavy atom. The van der Waals surface area contributed by atoms with E-state index in [2.05, 4.69) is 14.8 Å². The Bertz CT molecular complexity index is 160. The van der Waals surface area contributed by atoms with E-state index in [1.165, 1.54) is 19.3 Å². The quantitative estimate of drug-likeness (QED) is 0.541. The molecule has 2 nitrogen and oxygen atoms in total. The van der Waals surface area contributed by atoms with Crippen LogP contribution in [-0.2, 0) is 9.78 Å². The molecule has 0 aromatic rings. The van der Waals surface area contributed by atoms with Crippen LogP contribution in [0, 0.1) is 0 Å². The van der Waals surface area contributed by atoms with Crippen molar-refractivity contribution in [1.29, 1.82) is 0 Å². The second-order valence-corrected chi connectivity index (χ2v) is 20.5. The first-order valence-electron chi connectivity index (χ1n) is 4.91. The Morgan fingerprint density at radius 2 is 1.50 bits per heavy atom. The first-order valence-corrected chi connectivity index (χ1v) is 15.1. The Hall–Kier alpha value is 0.719. The zero-order chi connectivity index (χ0) is 8.77. The summed E-state index contributed by atoms with van der Waals surface area (Å²) in [7, 11) is 0. The van der Waals surface area contributed by atoms with Crippen LogP contribution in [0.5, 0.6) is 0 Å². The van der Waals surface area contributed by atoms with Gasteiger partial charge in [-0.15, -0.1) is 0 Å². The van der Waals surface area contributed by atoms with Gasteiger partial charge in [0.25, 0.3) is 0 Å². The van der Waals surface area contributed by atoms with Gasteiger partial charge in [-0.3, -0.25) is 0 Å². The zero-order valence-corrected chi connectivity index (χ0v) is 11.0. The van der Waals surface area contributed by atoms with E-state index in [0.717, 1.165) is 3.93 Å². The van der Waals surface area contributed by atoms with Gasteiger partial charge in [-0.05, 0) is 0 Å². The summed E-state index contributed by atoms with van der Waals surface area (Å²) in [5, 5.41) is 0. The van der Waals surface area contributed by atoms with Gasteiger partial charge in [0.2, 0.25) is 0 Å². The molecule has 0 spiro atoms. The molecule has 0 amide bonds. The second-order valence-electron chi connectivity index (χ2n) is 5.09. The predicted octanol–water partition coefficient (Wildman–Crippen LogP) is 2.58. The summed E-state index contributed by atoms with van der Waals surface area (Å²) in [6, 6.07) is 0. The summed E-state index contributed by atoms with van der Waals surface area (Å²) in [6.07, 6.45) is 4.68. The Kier molecular flexibility index (Phi) is 2.43. The Labute approximate surface area is 78.4 Å². The van der Waals surface area contributed by atoms with Crippen LogP contribution in [0.3, 0.4) is 0 Å². The van der Waals surface area contributed by atoms with Gasteiger partial charge in [0.05, 0.1) is 0 Å². The van der Waals surface area contributed by atoms with Crippen molar-refractivity contribution in [2.75, 3.05) is 0 Å². The fraction of sp³-hybridized carbons (Fsp3) is 1.00. The summed E-state index contributed by atoms with van der Waals surface area (Å²) in [5.41, 5.74) is 0. The van der Waals surface area contributed by atoms with Crippen molar-refractivity contribution in [2.24, 2.45) is 0 Å². The van der Waals surface area contributed by atoms with Gasteiger partial charge in [0.1, 0.15) is 0 Å². The first-order chi connectivity index (χ1) is 5.59. The van der Waals surface area contributed by atoms with E-state index < -0.39 is 18.4 Å². The van der Waals surface area contributed by atoms with Crippen LogP contribution >= 0.6 is 0 Å². The van der Waals surface area contributed by atoms with E-state index in [4.69, 9.17) is 9.78 Å². The average Bonchev–Trinajstić information content (AvgIpc) is 2.23. The van der Waals surface area contributed by atoms with E-state index in [-0.39, 0.29) is 0 Å². The fourth-order valence-electron chi connectivity index (χ4n) is 2.59. The molecule has 2 fully saturated rings. The molecular weight excluding hydrogens is 259 g/mol. The van der Waals surface area contributed by atoms with E-state index in [9.17, 15) is 0 Å². The molecule has 2 aliphatic rings. The number of rotatable bonds is 1. The minimum absolute atomic E-state index is 0.458. The molecular formula is C9H18O2Sn. The van der Waals surface area contributed by atoms with Crippen molar-refractivity contribution in [3.63, 3.8) is 0 Å². The molecule has 2 rings (SSSR count). The van der Waals surface area contributed by atoms with Gasteiger partial charge in [0, 0.05) is 0 Å². The molecule has 1 aliphatic heterocycles. The van der Waals surface area contributed by atoms with Crippen LogP contribution in [0.2, 0.25) is 18.8 Å². The van der Waals surface area contributed by atoms with Gasteiger partial charge in [-0.2, -0.15) is 0 Å². The minimum atomic E-state index is -1.78. The van der Waals surface area contributed by atoms with Crippen LogP contribution in [0.25, 0.3) is 0 Å². The monoisotopic (exact) mass is 278 g/mol. The summed E-state index contributed by atoms with van der Waals surface area (Å²) in [4.78, 5) is 18.2. The van der Waals surface area contributed by atoms with Crippen LogP contribution in [-0.4, -0.2) is 30.6 Å². The van der Waals surface area contributed by atoms with Gasteiger partial charge in [0.15, 0.2) is 0 Å². The summed E-state index contributed by atoms with van der Waals surface area (Å²) < 4.78 is 0.813. The van der Waals surface area contributed by atoms with E-state index in [1.807, 2.05) is 0 Å². The Balaban J connectivity index is 2.15.